The minimum absolute atomic E-state index is 0.255. The van der Waals surface area contributed by atoms with Crippen molar-refractivity contribution in [1.29, 1.82) is 0 Å². The van der Waals surface area contributed by atoms with Crippen LogP contribution < -0.4 is 15.4 Å². The molecule has 0 bridgehead atoms. The van der Waals surface area contributed by atoms with E-state index in [1.807, 2.05) is 25.1 Å². The van der Waals surface area contributed by atoms with Crippen molar-refractivity contribution in [2.75, 3.05) is 17.2 Å². The molecular formula is C20H19ClN4O2. The summed E-state index contributed by atoms with van der Waals surface area (Å²) in [5.74, 6) is 1.39. The first kappa shape index (κ1) is 18.7. The van der Waals surface area contributed by atoms with Crippen molar-refractivity contribution >= 4 is 34.7 Å². The van der Waals surface area contributed by atoms with Crippen LogP contribution in [0.2, 0.25) is 5.02 Å². The highest BCUT2D eigenvalue weighted by molar-refractivity contribution is 6.33. The van der Waals surface area contributed by atoms with Crippen molar-refractivity contribution in [3.05, 3.63) is 71.1 Å². The topological polar surface area (TPSA) is 76.1 Å². The number of aryl methyl sites for hydroxylation is 1. The van der Waals surface area contributed by atoms with E-state index in [1.54, 1.807) is 43.3 Å². The van der Waals surface area contributed by atoms with E-state index in [0.717, 1.165) is 5.75 Å². The third kappa shape index (κ3) is 4.95. The molecule has 0 aliphatic heterocycles. The van der Waals surface area contributed by atoms with Crippen LogP contribution in [0.25, 0.3) is 0 Å². The normalized spacial score (nSPS) is 10.3. The summed E-state index contributed by atoms with van der Waals surface area (Å²) in [6.07, 6.45) is 0. The molecule has 0 unspecified atom stereocenters. The highest BCUT2D eigenvalue weighted by Gasteiger charge is 2.12. The van der Waals surface area contributed by atoms with Crippen LogP contribution in [0, 0.1) is 6.92 Å². The van der Waals surface area contributed by atoms with Crippen LogP contribution in [0.1, 0.15) is 23.2 Å². The molecule has 0 aliphatic carbocycles. The van der Waals surface area contributed by atoms with Gasteiger partial charge < -0.3 is 15.4 Å². The molecule has 3 rings (SSSR count). The summed E-state index contributed by atoms with van der Waals surface area (Å²) >= 11 is 6.16. The molecule has 27 heavy (non-hydrogen) atoms. The first-order valence-corrected chi connectivity index (χ1v) is 8.84. The third-order valence-corrected chi connectivity index (χ3v) is 3.96. The Hall–Kier alpha value is -3.12. The highest BCUT2D eigenvalue weighted by Crippen LogP contribution is 2.24. The van der Waals surface area contributed by atoms with E-state index in [4.69, 9.17) is 16.3 Å². The van der Waals surface area contributed by atoms with Crippen LogP contribution in [-0.4, -0.2) is 22.5 Å². The number of hydrogen-bond donors (Lipinski definition) is 2. The lowest BCUT2D eigenvalue weighted by molar-refractivity contribution is 0.102. The number of amides is 1. The van der Waals surface area contributed by atoms with Crippen molar-refractivity contribution < 1.29 is 9.53 Å². The fourth-order valence-corrected chi connectivity index (χ4v) is 2.63. The zero-order chi connectivity index (χ0) is 19.2. The van der Waals surface area contributed by atoms with E-state index in [0.29, 0.717) is 34.6 Å². The maximum atomic E-state index is 12.6. The van der Waals surface area contributed by atoms with Gasteiger partial charge in [-0.05, 0) is 50.2 Å². The maximum Gasteiger partial charge on any atom is 0.274 e. The van der Waals surface area contributed by atoms with Gasteiger partial charge in [0.2, 0.25) is 0 Å². The van der Waals surface area contributed by atoms with E-state index < -0.39 is 0 Å². The number of nitrogens with one attached hydrogen (secondary N) is 2. The first-order chi connectivity index (χ1) is 13.0. The third-order valence-electron chi connectivity index (χ3n) is 3.63. The summed E-state index contributed by atoms with van der Waals surface area (Å²) in [4.78, 5) is 21.1. The Morgan fingerprint density at radius 1 is 1.11 bits per heavy atom. The van der Waals surface area contributed by atoms with Crippen LogP contribution in [0.3, 0.4) is 0 Å². The summed E-state index contributed by atoms with van der Waals surface area (Å²) in [6, 6.07) is 16.1. The monoisotopic (exact) mass is 382 g/mol. The van der Waals surface area contributed by atoms with Crippen LogP contribution in [0.5, 0.6) is 5.75 Å². The predicted octanol–water partition coefficient (Wildman–Crippen LogP) is 4.83. The Balaban J connectivity index is 1.76. The number of carbonyl (C=O) groups is 1. The van der Waals surface area contributed by atoms with Gasteiger partial charge in [-0.25, -0.2) is 9.97 Å². The number of rotatable bonds is 6. The first-order valence-electron chi connectivity index (χ1n) is 8.46. The number of nitrogens with zero attached hydrogens (tertiary/aromatic N) is 2. The van der Waals surface area contributed by atoms with Crippen molar-refractivity contribution in [2.24, 2.45) is 0 Å². The molecule has 2 aromatic carbocycles. The van der Waals surface area contributed by atoms with Crippen molar-refractivity contribution in [3.8, 4) is 5.75 Å². The van der Waals surface area contributed by atoms with Gasteiger partial charge in [0.15, 0.2) is 0 Å². The minimum atomic E-state index is -0.327. The fourth-order valence-electron chi connectivity index (χ4n) is 2.44. The van der Waals surface area contributed by atoms with E-state index in [-0.39, 0.29) is 11.6 Å². The molecule has 138 valence electrons. The molecule has 1 amide bonds. The number of anilines is 3. The van der Waals surface area contributed by atoms with Crippen LogP contribution in [0.15, 0.2) is 54.6 Å². The number of aromatic nitrogens is 2. The van der Waals surface area contributed by atoms with Gasteiger partial charge in [0.1, 0.15) is 23.1 Å². The van der Waals surface area contributed by atoms with Gasteiger partial charge in [0.05, 0.1) is 17.3 Å². The Morgan fingerprint density at radius 2 is 1.85 bits per heavy atom. The minimum Gasteiger partial charge on any atom is -0.494 e. The molecule has 0 aliphatic rings. The predicted molar refractivity (Wildman–Crippen MR) is 107 cm³/mol. The van der Waals surface area contributed by atoms with Crippen molar-refractivity contribution in [2.45, 2.75) is 13.8 Å². The lowest BCUT2D eigenvalue weighted by atomic mass is 10.2. The summed E-state index contributed by atoms with van der Waals surface area (Å²) < 4.78 is 5.40. The van der Waals surface area contributed by atoms with Gasteiger partial charge in [0, 0.05) is 11.8 Å². The van der Waals surface area contributed by atoms with Crippen LogP contribution in [-0.2, 0) is 0 Å². The summed E-state index contributed by atoms with van der Waals surface area (Å²) in [5.41, 5.74) is 1.61. The van der Waals surface area contributed by atoms with E-state index in [1.165, 1.54) is 0 Å². The zero-order valence-electron chi connectivity index (χ0n) is 15.0. The molecule has 0 radical (unpaired) electrons. The molecule has 0 fully saturated rings. The average molecular weight is 383 g/mol. The molecule has 0 spiro atoms. The highest BCUT2D eigenvalue weighted by atomic mass is 35.5. The summed E-state index contributed by atoms with van der Waals surface area (Å²) in [7, 11) is 0. The molecule has 1 heterocycles. The van der Waals surface area contributed by atoms with Gasteiger partial charge >= 0.3 is 0 Å². The van der Waals surface area contributed by atoms with Crippen LogP contribution >= 0.6 is 11.6 Å². The molecule has 2 N–H and O–H groups in total. The molecule has 0 atom stereocenters. The number of benzene rings is 2. The second-order valence-electron chi connectivity index (χ2n) is 5.70. The number of carbonyl (C=O) groups excluding carboxylic acids is 1. The van der Waals surface area contributed by atoms with E-state index in [9.17, 15) is 4.79 Å². The van der Waals surface area contributed by atoms with Crippen molar-refractivity contribution in [1.82, 2.24) is 9.97 Å². The molecular weight excluding hydrogens is 364 g/mol. The van der Waals surface area contributed by atoms with Gasteiger partial charge in [-0.3, -0.25) is 4.79 Å². The molecule has 0 saturated heterocycles. The Bertz CT molecular complexity index is 945. The van der Waals surface area contributed by atoms with Gasteiger partial charge in [-0.15, -0.1) is 0 Å². The number of halogens is 1. The smallest absolute Gasteiger partial charge is 0.274 e. The number of ether oxygens (including phenoxy) is 1. The molecule has 0 saturated carbocycles. The maximum absolute atomic E-state index is 12.6. The Morgan fingerprint density at radius 3 is 2.56 bits per heavy atom. The summed E-state index contributed by atoms with van der Waals surface area (Å²) in [5, 5.41) is 6.50. The van der Waals surface area contributed by atoms with Crippen molar-refractivity contribution in [3.63, 3.8) is 0 Å². The molecule has 1 aromatic heterocycles. The standard InChI is InChI=1S/C20H19ClN4O2/c1-3-27-15-10-8-14(9-11-15)24-20(26)18-12-19(23-13(2)22-18)25-17-7-5-4-6-16(17)21/h4-12H,3H2,1-2H3,(H,24,26)(H,22,23,25). The van der Waals surface area contributed by atoms with Gasteiger partial charge in [-0.1, -0.05) is 23.7 Å². The SMILES string of the molecule is CCOc1ccc(NC(=O)c2cc(Nc3ccccc3Cl)nc(C)n2)cc1. The second-order valence-corrected chi connectivity index (χ2v) is 6.11. The number of para-hydroxylation sites is 1. The van der Waals surface area contributed by atoms with Gasteiger partial charge in [0.25, 0.3) is 5.91 Å². The Labute approximate surface area is 162 Å². The van der Waals surface area contributed by atoms with E-state index >= 15 is 0 Å². The largest absolute Gasteiger partial charge is 0.494 e. The zero-order valence-corrected chi connectivity index (χ0v) is 15.7. The van der Waals surface area contributed by atoms with Crippen LogP contribution in [0.4, 0.5) is 17.2 Å². The lowest BCUT2D eigenvalue weighted by Crippen LogP contribution is -2.15. The van der Waals surface area contributed by atoms with E-state index in [2.05, 4.69) is 20.6 Å². The summed E-state index contributed by atoms with van der Waals surface area (Å²) in [6.45, 7) is 4.24. The Kier molecular flexibility index (Phi) is 5.88. The fraction of sp³-hybridized carbons (Fsp3) is 0.150. The quantitative estimate of drug-likeness (QED) is 0.638. The van der Waals surface area contributed by atoms with Gasteiger partial charge in [-0.2, -0.15) is 0 Å². The number of hydrogen-bond acceptors (Lipinski definition) is 5. The second kappa shape index (κ2) is 8.51. The average Bonchev–Trinajstić information content (AvgIpc) is 2.65. The molecule has 7 heteroatoms. The molecule has 3 aromatic rings. The lowest BCUT2D eigenvalue weighted by Gasteiger charge is -2.10. The molecule has 6 nitrogen and oxygen atoms in total.